The van der Waals surface area contributed by atoms with E-state index in [0.29, 0.717) is 0 Å². The number of carbonyl (C=O) groups excluding carboxylic acids is 1. The molecule has 1 amide bonds. The van der Waals surface area contributed by atoms with Crippen molar-refractivity contribution in [1.82, 2.24) is 24.3 Å². The molecule has 10 heteroatoms. The van der Waals surface area contributed by atoms with Crippen molar-refractivity contribution in [1.29, 1.82) is 0 Å². The molecule has 0 unspecified atom stereocenters. The summed E-state index contributed by atoms with van der Waals surface area (Å²) in [6.45, 7) is 3.34. The Kier molecular flexibility index (Phi) is 6.48. The molecule has 0 aromatic carbocycles. The minimum atomic E-state index is -1.17. The molecular weight excluding hydrogens is 330 g/mol. The number of nitrogens with zero attached hydrogens (tertiary/aromatic N) is 4. The fraction of sp³-hybridized carbons (Fsp3) is 0.600. The second-order valence-corrected chi connectivity index (χ2v) is 6.04. The van der Waals surface area contributed by atoms with Gasteiger partial charge in [0.25, 0.3) is 5.56 Å². The fourth-order valence-corrected chi connectivity index (χ4v) is 2.60. The number of aromatic nitrogens is 2. The highest BCUT2D eigenvalue weighted by Crippen LogP contribution is 1.97. The smallest absolute Gasteiger partial charge is 0.331 e. The zero-order chi connectivity index (χ0) is 18.4. The average molecular weight is 353 g/mol. The maximum atomic E-state index is 12.1. The molecule has 2 rings (SSSR count). The van der Waals surface area contributed by atoms with Crippen molar-refractivity contribution in [3.63, 3.8) is 0 Å². The second-order valence-electron chi connectivity index (χ2n) is 6.04. The molecule has 1 aromatic rings. The molecule has 1 saturated heterocycles. The third kappa shape index (κ3) is 5.54. The Morgan fingerprint density at radius 1 is 1.16 bits per heavy atom. The van der Waals surface area contributed by atoms with Crippen molar-refractivity contribution >= 4 is 11.9 Å². The van der Waals surface area contributed by atoms with Gasteiger partial charge in [-0.2, -0.15) is 0 Å². The summed E-state index contributed by atoms with van der Waals surface area (Å²) in [5, 5.41) is 11.4. The Labute approximate surface area is 144 Å². The first-order valence-corrected chi connectivity index (χ1v) is 8.06. The fourth-order valence-electron chi connectivity index (χ4n) is 2.60. The number of rotatable bonds is 7. The summed E-state index contributed by atoms with van der Waals surface area (Å²) in [5.41, 5.74) is -1.23. The monoisotopic (exact) mass is 353 g/mol. The van der Waals surface area contributed by atoms with Crippen LogP contribution < -0.4 is 16.6 Å². The SMILES string of the molecule is CN1CCN(CC(=O)NCCn2c(=O)ccn(CC(=O)O)c2=O)CC1. The van der Waals surface area contributed by atoms with Crippen molar-refractivity contribution in [2.45, 2.75) is 13.1 Å². The lowest BCUT2D eigenvalue weighted by Crippen LogP contribution is -2.48. The molecule has 138 valence electrons. The number of piperazine rings is 1. The van der Waals surface area contributed by atoms with Gasteiger partial charge in [0.1, 0.15) is 6.54 Å². The molecule has 0 atom stereocenters. The quantitative estimate of drug-likeness (QED) is 0.555. The van der Waals surface area contributed by atoms with Gasteiger partial charge >= 0.3 is 11.7 Å². The van der Waals surface area contributed by atoms with E-state index in [0.717, 1.165) is 47.6 Å². The van der Waals surface area contributed by atoms with Crippen LogP contribution in [0.5, 0.6) is 0 Å². The number of carboxylic acid groups (broad SMARTS) is 1. The predicted octanol–water partition coefficient (Wildman–Crippen LogP) is -2.54. The second kappa shape index (κ2) is 8.58. The van der Waals surface area contributed by atoms with E-state index in [1.807, 2.05) is 11.9 Å². The van der Waals surface area contributed by atoms with Gasteiger partial charge < -0.3 is 15.3 Å². The highest BCUT2D eigenvalue weighted by molar-refractivity contribution is 5.77. The van der Waals surface area contributed by atoms with Gasteiger partial charge in [0.2, 0.25) is 5.91 Å². The summed E-state index contributed by atoms with van der Waals surface area (Å²) in [7, 11) is 2.03. The van der Waals surface area contributed by atoms with E-state index < -0.39 is 23.8 Å². The van der Waals surface area contributed by atoms with E-state index in [2.05, 4.69) is 10.2 Å². The van der Waals surface area contributed by atoms with Gasteiger partial charge in [0.05, 0.1) is 6.54 Å². The molecule has 0 aliphatic carbocycles. The van der Waals surface area contributed by atoms with Crippen molar-refractivity contribution in [3.05, 3.63) is 33.1 Å². The summed E-state index contributed by atoms with van der Waals surface area (Å²) in [6.07, 6.45) is 1.15. The maximum absolute atomic E-state index is 12.1. The molecule has 0 saturated carbocycles. The standard InChI is InChI=1S/C15H23N5O5/c1-17-6-8-18(9-7-17)10-12(21)16-3-5-20-13(22)2-4-19(15(20)25)11-14(23)24/h2,4H,3,5-11H2,1H3,(H,16,21)(H,23,24). The number of carboxylic acids is 1. The zero-order valence-corrected chi connectivity index (χ0v) is 14.2. The molecular formula is C15H23N5O5. The van der Waals surface area contributed by atoms with Gasteiger partial charge in [0, 0.05) is 51.5 Å². The van der Waals surface area contributed by atoms with Crippen molar-refractivity contribution < 1.29 is 14.7 Å². The lowest BCUT2D eigenvalue weighted by Gasteiger charge is -2.31. The van der Waals surface area contributed by atoms with E-state index in [-0.39, 0.29) is 25.5 Å². The van der Waals surface area contributed by atoms with Crippen LogP contribution in [-0.2, 0) is 22.7 Å². The first kappa shape index (κ1) is 18.9. The van der Waals surface area contributed by atoms with Gasteiger partial charge in [-0.25, -0.2) is 4.79 Å². The molecule has 25 heavy (non-hydrogen) atoms. The predicted molar refractivity (Wildman–Crippen MR) is 89.5 cm³/mol. The summed E-state index contributed by atoms with van der Waals surface area (Å²) >= 11 is 0. The van der Waals surface area contributed by atoms with E-state index >= 15 is 0 Å². The van der Waals surface area contributed by atoms with Crippen LogP contribution in [0.15, 0.2) is 21.9 Å². The molecule has 2 N–H and O–H groups in total. The van der Waals surface area contributed by atoms with E-state index in [1.54, 1.807) is 0 Å². The van der Waals surface area contributed by atoms with Crippen LogP contribution in [0.3, 0.4) is 0 Å². The molecule has 1 aliphatic rings. The van der Waals surface area contributed by atoms with Crippen molar-refractivity contribution in [2.75, 3.05) is 46.3 Å². The number of aliphatic carboxylic acids is 1. The average Bonchev–Trinajstić information content (AvgIpc) is 2.55. The number of likely N-dealkylation sites (N-methyl/N-ethyl adjacent to an activating group) is 1. The number of nitrogens with one attached hydrogen (secondary N) is 1. The van der Waals surface area contributed by atoms with Gasteiger partial charge in [-0.1, -0.05) is 0 Å². The molecule has 1 aromatic heterocycles. The van der Waals surface area contributed by atoms with Crippen LogP contribution in [0.1, 0.15) is 0 Å². The van der Waals surface area contributed by atoms with Gasteiger partial charge in [-0.15, -0.1) is 0 Å². The molecule has 0 bridgehead atoms. The number of hydrogen-bond acceptors (Lipinski definition) is 6. The molecule has 2 heterocycles. The number of carbonyl (C=O) groups is 2. The third-order valence-electron chi connectivity index (χ3n) is 4.07. The van der Waals surface area contributed by atoms with E-state index in [9.17, 15) is 19.2 Å². The Morgan fingerprint density at radius 3 is 2.48 bits per heavy atom. The minimum absolute atomic E-state index is 0.00734. The topological polar surface area (TPSA) is 117 Å². The van der Waals surface area contributed by atoms with Crippen LogP contribution in [0.2, 0.25) is 0 Å². The van der Waals surface area contributed by atoms with Crippen molar-refractivity contribution in [2.24, 2.45) is 0 Å². The summed E-state index contributed by atoms with van der Waals surface area (Å²) in [6, 6.07) is 1.14. The normalized spacial score (nSPS) is 15.9. The number of hydrogen-bond donors (Lipinski definition) is 2. The van der Waals surface area contributed by atoms with Crippen LogP contribution in [0.4, 0.5) is 0 Å². The summed E-state index contributed by atoms with van der Waals surface area (Å²) < 4.78 is 1.86. The summed E-state index contributed by atoms with van der Waals surface area (Å²) in [5.74, 6) is -1.34. The highest BCUT2D eigenvalue weighted by Gasteiger charge is 2.16. The van der Waals surface area contributed by atoms with Gasteiger partial charge in [-0.3, -0.25) is 28.4 Å². The number of amides is 1. The van der Waals surface area contributed by atoms with Crippen LogP contribution in [-0.4, -0.2) is 82.2 Å². The van der Waals surface area contributed by atoms with E-state index in [4.69, 9.17) is 5.11 Å². The van der Waals surface area contributed by atoms with Gasteiger partial charge in [0.15, 0.2) is 0 Å². The Balaban J connectivity index is 1.87. The molecule has 1 fully saturated rings. The van der Waals surface area contributed by atoms with E-state index in [1.165, 1.54) is 0 Å². The van der Waals surface area contributed by atoms with Crippen LogP contribution in [0, 0.1) is 0 Å². The highest BCUT2D eigenvalue weighted by atomic mass is 16.4. The Bertz CT molecular complexity index is 733. The Morgan fingerprint density at radius 2 is 1.84 bits per heavy atom. The molecule has 10 nitrogen and oxygen atoms in total. The first-order valence-electron chi connectivity index (χ1n) is 8.06. The zero-order valence-electron chi connectivity index (χ0n) is 14.2. The van der Waals surface area contributed by atoms with Gasteiger partial charge in [-0.05, 0) is 7.05 Å². The van der Waals surface area contributed by atoms with Crippen LogP contribution in [0.25, 0.3) is 0 Å². The Hall–Kier alpha value is -2.46. The first-order chi connectivity index (χ1) is 11.9. The molecule has 1 aliphatic heterocycles. The molecule has 0 spiro atoms. The maximum Gasteiger partial charge on any atom is 0.331 e. The lowest BCUT2D eigenvalue weighted by molar-refractivity contribution is -0.137. The third-order valence-corrected chi connectivity index (χ3v) is 4.07. The molecule has 0 radical (unpaired) electrons. The van der Waals surface area contributed by atoms with Crippen molar-refractivity contribution in [3.8, 4) is 0 Å². The van der Waals surface area contributed by atoms with Crippen LogP contribution >= 0.6 is 0 Å². The largest absolute Gasteiger partial charge is 0.480 e. The minimum Gasteiger partial charge on any atom is -0.480 e. The lowest BCUT2D eigenvalue weighted by atomic mass is 10.3. The summed E-state index contributed by atoms with van der Waals surface area (Å²) in [4.78, 5) is 50.8.